The van der Waals surface area contributed by atoms with Crippen molar-refractivity contribution in [3.8, 4) is 0 Å². The van der Waals surface area contributed by atoms with Crippen molar-refractivity contribution in [1.29, 1.82) is 0 Å². The molecule has 0 spiro atoms. The molecule has 5 rings (SSSR count). The highest BCUT2D eigenvalue weighted by atomic mass is 16.7. The van der Waals surface area contributed by atoms with Gasteiger partial charge in [-0.2, -0.15) is 0 Å². The lowest BCUT2D eigenvalue weighted by atomic mass is 9.73. The number of fused-ring (bicyclic) bond motifs is 3. The van der Waals surface area contributed by atoms with E-state index in [9.17, 15) is 25.2 Å². The first kappa shape index (κ1) is 28.0. The van der Waals surface area contributed by atoms with Crippen molar-refractivity contribution in [1.82, 2.24) is 9.88 Å². The van der Waals surface area contributed by atoms with E-state index in [1.165, 1.54) is 23.6 Å². The van der Waals surface area contributed by atoms with Gasteiger partial charge in [-0.1, -0.05) is 30.4 Å². The smallest absolute Gasteiger partial charge is 0.333 e. The molecule has 0 bridgehead atoms. The van der Waals surface area contributed by atoms with Crippen LogP contribution in [-0.4, -0.2) is 88.0 Å². The largest absolute Gasteiger partial charge is 0.466 e. The number of aromatic nitrogens is 1. The topological polar surface area (TPSA) is 143 Å². The van der Waals surface area contributed by atoms with Crippen LogP contribution in [0.5, 0.6) is 0 Å². The molecule has 10 heteroatoms. The minimum absolute atomic E-state index is 0.0444. The molecule has 2 aromatic rings. The first-order valence-electron chi connectivity index (χ1n) is 13.5. The highest BCUT2D eigenvalue weighted by Gasteiger charge is 2.47. The van der Waals surface area contributed by atoms with E-state index in [1.54, 1.807) is 12.2 Å². The first-order chi connectivity index (χ1) is 18.8. The molecule has 10 nitrogen and oxygen atoms in total. The Labute approximate surface area is 227 Å². The highest BCUT2D eigenvalue weighted by Crippen LogP contribution is 2.42. The number of benzene rings is 1. The van der Waals surface area contributed by atoms with Gasteiger partial charge in [0.05, 0.1) is 25.3 Å². The molecule has 0 radical (unpaired) electrons. The van der Waals surface area contributed by atoms with E-state index in [1.807, 2.05) is 0 Å². The number of hydrogen-bond acceptors (Lipinski definition) is 9. The Bertz CT molecular complexity index is 1240. The number of ether oxygens (including phenoxy) is 3. The molecule has 0 saturated carbocycles. The van der Waals surface area contributed by atoms with Crippen LogP contribution in [0.2, 0.25) is 0 Å². The first-order valence-corrected chi connectivity index (χ1v) is 13.5. The Kier molecular flexibility index (Phi) is 8.25. The van der Waals surface area contributed by atoms with E-state index in [0.29, 0.717) is 18.4 Å². The third-order valence-corrected chi connectivity index (χ3v) is 8.44. The molecule has 1 saturated heterocycles. The molecule has 212 valence electrons. The predicted molar refractivity (Wildman–Crippen MR) is 143 cm³/mol. The fraction of sp³-hybridized carbons (Fsp3) is 0.552. The Morgan fingerprint density at radius 1 is 1.26 bits per heavy atom. The SMILES string of the molecule is C=C[C@@H]1[C@H](C[C@@H]2NCCn3c2cc2cccc(C)c23)C(C(=O)OC)=CC[C@H]1OC1O[C@H](CO)[C@@H](O)[C@H](O)[C@H]1O. The monoisotopic (exact) mass is 542 g/mol. The predicted octanol–water partition coefficient (Wildman–Crippen LogP) is 1.09. The fourth-order valence-corrected chi connectivity index (χ4v) is 6.45. The number of para-hydroxylation sites is 1. The van der Waals surface area contributed by atoms with Gasteiger partial charge in [0.2, 0.25) is 0 Å². The number of carbonyl (C=O) groups is 1. The molecule has 39 heavy (non-hydrogen) atoms. The third kappa shape index (κ3) is 5.06. The molecule has 1 fully saturated rings. The van der Waals surface area contributed by atoms with Crippen molar-refractivity contribution in [3.05, 3.63) is 59.8 Å². The van der Waals surface area contributed by atoms with Gasteiger partial charge in [0, 0.05) is 47.6 Å². The van der Waals surface area contributed by atoms with Gasteiger partial charge in [0.1, 0.15) is 24.4 Å². The van der Waals surface area contributed by atoms with Crippen LogP contribution < -0.4 is 5.32 Å². The second-order valence-electron chi connectivity index (χ2n) is 10.7. The van der Waals surface area contributed by atoms with Crippen LogP contribution in [0, 0.1) is 18.8 Å². The van der Waals surface area contributed by atoms with Gasteiger partial charge < -0.3 is 44.5 Å². The lowest BCUT2D eigenvalue weighted by Gasteiger charge is -2.44. The summed E-state index contributed by atoms with van der Waals surface area (Å²) < 4.78 is 19.2. The summed E-state index contributed by atoms with van der Waals surface area (Å²) in [6.07, 6.45) is -2.99. The van der Waals surface area contributed by atoms with Crippen molar-refractivity contribution in [2.24, 2.45) is 11.8 Å². The number of nitrogens with zero attached hydrogens (tertiary/aromatic N) is 1. The zero-order valence-electron chi connectivity index (χ0n) is 22.3. The lowest BCUT2D eigenvalue weighted by Crippen LogP contribution is -2.60. The molecule has 2 aliphatic heterocycles. The van der Waals surface area contributed by atoms with Gasteiger partial charge in [-0.15, -0.1) is 6.58 Å². The Morgan fingerprint density at radius 3 is 2.77 bits per heavy atom. The number of carbonyl (C=O) groups excluding carboxylic acids is 1. The fourth-order valence-electron chi connectivity index (χ4n) is 6.45. The van der Waals surface area contributed by atoms with Crippen molar-refractivity contribution in [3.63, 3.8) is 0 Å². The summed E-state index contributed by atoms with van der Waals surface area (Å²) >= 11 is 0. The van der Waals surface area contributed by atoms with E-state index in [0.717, 1.165) is 18.8 Å². The molecule has 3 aliphatic rings. The van der Waals surface area contributed by atoms with Crippen LogP contribution in [0.1, 0.15) is 30.1 Å². The Morgan fingerprint density at radius 2 is 2.05 bits per heavy atom. The van der Waals surface area contributed by atoms with Gasteiger partial charge in [-0.25, -0.2) is 4.79 Å². The van der Waals surface area contributed by atoms with Gasteiger partial charge >= 0.3 is 5.97 Å². The van der Waals surface area contributed by atoms with Crippen molar-refractivity contribution in [2.75, 3.05) is 20.3 Å². The van der Waals surface area contributed by atoms with E-state index >= 15 is 0 Å². The average molecular weight is 543 g/mol. The van der Waals surface area contributed by atoms with Crippen molar-refractivity contribution >= 4 is 16.9 Å². The summed E-state index contributed by atoms with van der Waals surface area (Å²) in [6, 6.07) is 8.44. The number of hydrogen-bond donors (Lipinski definition) is 5. The van der Waals surface area contributed by atoms with E-state index in [4.69, 9.17) is 14.2 Å². The molecule has 1 aliphatic carbocycles. The third-order valence-electron chi connectivity index (χ3n) is 8.44. The maximum absolute atomic E-state index is 12.9. The molecule has 1 unspecified atom stereocenters. The molecular formula is C29H38N2O8. The number of aryl methyl sites for hydroxylation is 1. The number of nitrogens with one attached hydrogen (secondary N) is 1. The van der Waals surface area contributed by atoms with Crippen LogP contribution >= 0.6 is 0 Å². The van der Waals surface area contributed by atoms with Crippen LogP contribution in [0.4, 0.5) is 0 Å². The van der Waals surface area contributed by atoms with Crippen molar-refractivity contribution < 1.29 is 39.4 Å². The molecule has 3 heterocycles. The van der Waals surface area contributed by atoms with E-state index < -0.39 is 49.4 Å². The second-order valence-corrected chi connectivity index (χ2v) is 10.7. The van der Waals surface area contributed by atoms with Crippen molar-refractivity contribution in [2.45, 2.75) is 69.2 Å². The normalized spacial score (nSPS) is 34.8. The minimum atomic E-state index is -1.54. The Balaban J connectivity index is 1.44. The minimum Gasteiger partial charge on any atom is -0.466 e. The second kappa shape index (κ2) is 11.5. The summed E-state index contributed by atoms with van der Waals surface area (Å²) in [5.41, 5.74) is 4.12. The summed E-state index contributed by atoms with van der Waals surface area (Å²) in [4.78, 5) is 12.9. The molecule has 1 aromatic heterocycles. The lowest BCUT2D eigenvalue weighted by molar-refractivity contribution is -0.314. The van der Waals surface area contributed by atoms with Crippen LogP contribution in [0.25, 0.3) is 10.9 Å². The summed E-state index contributed by atoms with van der Waals surface area (Å²) in [5.74, 6) is -1.08. The highest BCUT2D eigenvalue weighted by molar-refractivity contribution is 5.89. The maximum atomic E-state index is 12.9. The van der Waals surface area contributed by atoms with Gasteiger partial charge in [0.25, 0.3) is 0 Å². The molecule has 1 aromatic carbocycles. The van der Waals surface area contributed by atoms with Crippen LogP contribution in [-0.2, 0) is 25.5 Å². The summed E-state index contributed by atoms with van der Waals surface area (Å²) in [7, 11) is 1.36. The molecule has 5 N–H and O–H groups in total. The Hall–Kier alpha value is -2.57. The summed E-state index contributed by atoms with van der Waals surface area (Å²) in [6.45, 7) is 7.23. The van der Waals surface area contributed by atoms with Gasteiger partial charge in [0.15, 0.2) is 6.29 Å². The zero-order chi connectivity index (χ0) is 27.8. The average Bonchev–Trinajstić information content (AvgIpc) is 3.34. The number of methoxy groups -OCH3 is 1. The zero-order valence-corrected chi connectivity index (χ0v) is 22.3. The van der Waals surface area contributed by atoms with E-state index in [2.05, 4.69) is 47.7 Å². The van der Waals surface area contributed by atoms with E-state index in [-0.39, 0.29) is 17.9 Å². The number of aliphatic hydroxyl groups is 4. The molecule has 9 atom stereocenters. The quantitative estimate of drug-likeness (QED) is 0.257. The maximum Gasteiger partial charge on any atom is 0.333 e. The summed E-state index contributed by atoms with van der Waals surface area (Å²) in [5, 5.41) is 45.3. The van der Waals surface area contributed by atoms with Gasteiger partial charge in [-0.05, 0) is 31.4 Å². The van der Waals surface area contributed by atoms with Crippen LogP contribution in [0.3, 0.4) is 0 Å². The van der Waals surface area contributed by atoms with Crippen LogP contribution in [0.15, 0.2) is 48.6 Å². The number of aliphatic hydroxyl groups excluding tert-OH is 4. The number of esters is 1. The molecule has 0 amide bonds. The van der Waals surface area contributed by atoms with Gasteiger partial charge in [-0.3, -0.25) is 0 Å². The molecular weight excluding hydrogens is 504 g/mol. The number of rotatable bonds is 7. The standard InChI is InChI=1S/C29H38N2O8/c1-4-17-19(13-20-21-12-16-7-5-6-15(2)24(16)31(21)11-10-30-20)18(28(36)37-3)8-9-22(17)38-29-27(35)26(34)25(33)23(14-32)39-29/h4-8,12,17,19-20,22-23,25-27,29-30,32-35H,1,9-11,13-14H2,2-3H3/t17-,19+,20+,22-,23-,25-,26+,27-,29?/m1/s1.